The van der Waals surface area contributed by atoms with Crippen LogP contribution < -0.4 is 0 Å². The first kappa shape index (κ1) is 13.8. The van der Waals surface area contributed by atoms with Crippen molar-refractivity contribution < 1.29 is 8.42 Å². The summed E-state index contributed by atoms with van der Waals surface area (Å²) in [6.07, 6.45) is 6.34. The lowest BCUT2D eigenvalue weighted by Crippen LogP contribution is -2.14. The fourth-order valence-electron chi connectivity index (χ4n) is 2.78. The maximum absolute atomic E-state index is 12.4. The van der Waals surface area contributed by atoms with Gasteiger partial charge in [0.1, 0.15) is 4.21 Å². The number of sulfone groups is 1. The number of aryl methyl sites for hydroxylation is 1. The number of nitrogens with zero attached hydrogens (tertiary/aromatic N) is 2. The molecule has 0 aliphatic heterocycles. The minimum atomic E-state index is -3.26. The molecule has 2 aromatic heterocycles. The minimum absolute atomic E-state index is 0.0451. The fourth-order valence-corrected chi connectivity index (χ4v) is 5.48. The Balaban J connectivity index is 1.86. The fraction of sp³-hybridized carbons (Fsp3) is 0.500. The molecule has 2 aromatic rings. The molecule has 3 rings (SSSR count). The molecular formula is C14H18N2O2S2. The topological polar surface area (TPSA) is 52.0 Å². The minimum Gasteiger partial charge on any atom is -0.265 e. The van der Waals surface area contributed by atoms with Crippen molar-refractivity contribution in [1.29, 1.82) is 0 Å². The third-order valence-corrected chi connectivity index (χ3v) is 7.02. The highest BCUT2D eigenvalue weighted by atomic mass is 32.2. The maximum Gasteiger partial charge on any atom is 0.193 e. The van der Waals surface area contributed by atoms with Crippen LogP contribution in [0, 0.1) is 6.92 Å². The number of aromatic nitrogens is 2. The number of thiophene rings is 1. The van der Waals surface area contributed by atoms with E-state index in [1.165, 1.54) is 24.2 Å². The molecule has 0 unspecified atom stereocenters. The molecule has 4 nitrogen and oxygen atoms in total. The van der Waals surface area contributed by atoms with Crippen molar-refractivity contribution in [2.24, 2.45) is 0 Å². The van der Waals surface area contributed by atoms with Gasteiger partial charge in [-0.1, -0.05) is 12.8 Å². The first-order chi connectivity index (χ1) is 9.56. The van der Waals surface area contributed by atoms with Crippen molar-refractivity contribution in [1.82, 2.24) is 9.78 Å². The van der Waals surface area contributed by atoms with E-state index in [0.717, 1.165) is 23.4 Å². The first-order valence-electron chi connectivity index (χ1n) is 6.88. The molecule has 0 aromatic carbocycles. The number of hydrogen-bond donors (Lipinski definition) is 0. The molecule has 6 heteroatoms. The smallest absolute Gasteiger partial charge is 0.193 e. The van der Waals surface area contributed by atoms with Crippen molar-refractivity contribution in [3.05, 3.63) is 35.0 Å². The molecule has 108 valence electrons. The van der Waals surface area contributed by atoms with E-state index in [1.807, 2.05) is 23.7 Å². The van der Waals surface area contributed by atoms with Gasteiger partial charge >= 0.3 is 0 Å². The second-order valence-corrected chi connectivity index (χ2v) is 8.83. The van der Waals surface area contributed by atoms with Gasteiger partial charge in [-0.15, -0.1) is 11.3 Å². The zero-order chi connectivity index (χ0) is 14.2. The third-order valence-electron chi connectivity index (χ3n) is 3.78. The molecule has 0 spiro atoms. The Morgan fingerprint density at radius 1 is 1.30 bits per heavy atom. The average Bonchev–Trinajstić information content (AvgIpc) is 3.07. The molecule has 0 saturated heterocycles. The van der Waals surface area contributed by atoms with E-state index < -0.39 is 9.84 Å². The first-order valence-corrected chi connectivity index (χ1v) is 9.35. The van der Waals surface area contributed by atoms with E-state index >= 15 is 0 Å². The van der Waals surface area contributed by atoms with Gasteiger partial charge in [0.2, 0.25) is 0 Å². The van der Waals surface area contributed by atoms with Gasteiger partial charge in [0.15, 0.2) is 9.84 Å². The van der Waals surface area contributed by atoms with Crippen LogP contribution in [-0.4, -0.2) is 18.2 Å². The van der Waals surface area contributed by atoms with Crippen LogP contribution in [0.3, 0.4) is 0 Å². The van der Waals surface area contributed by atoms with E-state index in [2.05, 4.69) is 5.10 Å². The summed E-state index contributed by atoms with van der Waals surface area (Å²) in [5.74, 6) is 0.0451. The predicted molar refractivity (Wildman–Crippen MR) is 79.7 cm³/mol. The molecular weight excluding hydrogens is 292 g/mol. The Morgan fingerprint density at radius 3 is 2.70 bits per heavy atom. The van der Waals surface area contributed by atoms with Crippen molar-refractivity contribution in [3.8, 4) is 0 Å². The molecule has 0 atom stereocenters. The van der Waals surface area contributed by atoms with Gasteiger partial charge in [-0.25, -0.2) is 8.42 Å². The largest absolute Gasteiger partial charge is 0.265 e. The van der Waals surface area contributed by atoms with Crippen LogP contribution in [0.1, 0.15) is 42.3 Å². The summed E-state index contributed by atoms with van der Waals surface area (Å²) in [7, 11) is -3.26. The van der Waals surface area contributed by atoms with Crippen LogP contribution in [-0.2, 0) is 15.6 Å². The second kappa shape index (κ2) is 5.33. The van der Waals surface area contributed by atoms with Gasteiger partial charge in [-0.3, -0.25) is 4.68 Å². The monoisotopic (exact) mass is 310 g/mol. The van der Waals surface area contributed by atoms with Crippen LogP contribution in [0.25, 0.3) is 0 Å². The summed E-state index contributed by atoms with van der Waals surface area (Å²) >= 11 is 1.34. The molecule has 2 heterocycles. The molecule has 0 bridgehead atoms. The summed E-state index contributed by atoms with van der Waals surface area (Å²) in [5, 5.41) is 4.34. The van der Waals surface area contributed by atoms with Crippen molar-refractivity contribution >= 4 is 21.2 Å². The van der Waals surface area contributed by atoms with Crippen LogP contribution in [0.4, 0.5) is 0 Å². The van der Waals surface area contributed by atoms with E-state index in [-0.39, 0.29) is 5.75 Å². The molecule has 1 aliphatic carbocycles. The molecule has 0 N–H and O–H groups in total. The summed E-state index contributed by atoms with van der Waals surface area (Å²) in [4.78, 5) is 1.02. The lowest BCUT2D eigenvalue weighted by Gasteiger charge is -2.14. The Hall–Kier alpha value is -1.14. The third kappa shape index (κ3) is 2.67. The molecule has 1 aliphatic rings. The van der Waals surface area contributed by atoms with E-state index in [0.29, 0.717) is 10.3 Å². The summed E-state index contributed by atoms with van der Waals surface area (Å²) in [5.41, 5.74) is 0.808. The molecule has 1 saturated carbocycles. The Morgan fingerprint density at radius 2 is 2.05 bits per heavy atom. The zero-order valence-electron chi connectivity index (χ0n) is 11.4. The molecule has 1 fully saturated rings. The quantitative estimate of drug-likeness (QED) is 0.870. The highest BCUT2D eigenvalue weighted by Gasteiger charge is 2.24. The molecule has 0 amide bonds. The van der Waals surface area contributed by atoms with Gasteiger partial charge in [-0.2, -0.15) is 5.10 Å². The lowest BCUT2D eigenvalue weighted by atomic mass is 10.2. The average molecular weight is 310 g/mol. The van der Waals surface area contributed by atoms with Crippen molar-refractivity contribution in [2.75, 3.05) is 0 Å². The molecule has 20 heavy (non-hydrogen) atoms. The van der Waals surface area contributed by atoms with E-state index in [9.17, 15) is 8.42 Å². The van der Waals surface area contributed by atoms with Gasteiger partial charge in [0.05, 0.1) is 17.5 Å². The van der Waals surface area contributed by atoms with Crippen LogP contribution in [0.15, 0.2) is 28.6 Å². The van der Waals surface area contributed by atoms with Crippen LogP contribution in [0.2, 0.25) is 0 Å². The van der Waals surface area contributed by atoms with E-state index in [1.54, 1.807) is 12.3 Å². The summed E-state index contributed by atoms with van der Waals surface area (Å²) in [6.45, 7) is 1.92. The Labute approximate surface area is 123 Å². The summed E-state index contributed by atoms with van der Waals surface area (Å²) < 4.78 is 27.3. The summed E-state index contributed by atoms with van der Waals surface area (Å²) in [6, 6.07) is 5.76. The van der Waals surface area contributed by atoms with E-state index in [4.69, 9.17) is 0 Å². The molecule has 0 radical (unpaired) electrons. The van der Waals surface area contributed by atoms with Crippen LogP contribution >= 0.6 is 11.3 Å². The van der Waals surface area contributed by atoms with Gasteiger partial charge in [0, 0.05) is 11.1 Å². The van der Waals surface area contributed by atoms with Gasteiger partial charge < -0.3 is 0 Å². The Kier molecular flexibility index (Phi) is 3.69. The maximum atomic E-state index is 12.4. The zero-order valence-corrected chi connectivity index (χ0v) is 13.1. The lowest BCUT2D eigenvalue weighted by molar-refractivity contribution is 0.454. The van der Waals surface area contributed by atoms with Crippen molar-refractivity contribution in [3.63, 3.8) is 0 Å². The highest BCUT2D eigenvalue weighted by Crippen LogP contribution is 2.31. The number of rotatable bonds is 4. The number of hydrogen-bond acceptors (Lipinski definition) is 4. The predicted octanol–water partition coefficient (Wildman–Crippen LogP) is 3.34. The van der Waals surface area contributed by atoms with Gasteiger partial charge in [0.25, 0.3) is 0 Å². The Bertz CT molecular complexity index is 694. The normalized spacial score (nSPS) is 16.9. The SMILES string of the molecule is Cc1ccc(S(=O)(=O)Cc2ccnn2C2CCCC2)s1. The second-order valence-electron chi connectivity index (χ2n) is 5.33. The standard InChI is InChI=1S/C14H18N2O2S2/c1-11-6-7-14(19-11)20(17,18)10-13-8-9-15-16(13)12-4-2-3-5-12/h6-9,12H,2-5,10H2,1H3. The van der Waals surface area contributed by atoms with Crippen molar-refractivity contribution in [2.45, 2.75) is 48.6 Å². The van der Waals surface area contributed by atoms with Crippen LogP contribution in [0.5, 0.6) is 0 Å². The van der Waals surface area contributed by atoms with Gasteiger partial charge in [-0.05, 0) is 38.0 Å². The highest BCUT2D eigenvalue weighted by molar-refractivity contribution is 7.92.